The summed E-state index contributed by atoms with van der Waals surface area (Å²) < 4.78 is 0. The average molecular weight is 169 g/mol. The molecule has 0 aliphatic heterocycles. The molecule has 0 atom stereocenters. The van der Waals surface area contributed by atoms with Crippen molar-refractivity contribution in [3.8, 4) is 0 Å². The molecular formula is C6H7N3OS. The van der Waals surface area contributed by atoms with E-state index in [1.54, 1.807) is 17.5 Å². The topological polar surface area (TPSA) is 81.5 Å². The van der Waals surface area contributed by atoms with E-state index in [2.05, 4.69) is 4.99 Å². The van der Waals surface area contributed by atoms with Gasteiger partial charge < -0.3 is 11.5 Å². The van der Waals surface area contributed by atoms with Crippen LogP contribution in [-0.4, -0.2) is 11.9 Å². The minimum Gasteiger partial charge on any atom is -0.370 e. The van der Waals surface area contributed by atoms with Crippen LogP contribution in [0, 0.1) is 0 Å². The third-order valence-electron chi connectivity index (χ3n) is 0.963. The Balaban J connectivity index is 2.80. The fourth-order valence-electron chi connectivity index (χ4n) is 0.573. The second-order valence-electron chi connectivity index (χ2n) is 1.82. The van der Waals surface area contributed by atoms with E-state index in [-0.39, 0.29) is 11.9 Å². The molecule has 1 amide bonds. The van der Waals surface area contributed by atoms with Crippen LogP contribution >= 0.6 is 11.3 Å². The molecule has 0 unspecified atom stereocenters. The molecule has 0 saturated carbocycles. The van der Waals surface area contributed by atoms with Gasteiger partial charge in [0.25, 0.3) is 5.91 Å². The number of hydrogen-bond donors (Lipinski definition) is 2. The van der Waals surface area contributed by atoms with Gasteiger partial charge in [0, 0.05) is 0 Å². The molecule has 4 N–H and O–H groups in total. The van der Waals surface area contributed by atoms with E-state index in [4.69, 9.17) is 11.5 Å². The summed E-state index contributed by atoms with van der Waals surface area (Å²) in [7, 11) is 0. The maximum atomic E-state index is 11.0. The van der Waals surface area contributed by atoms with Gasteiger partial charge in [-0.1, -0.05) is 6.07 Å². The van der Waals surface area contributed by atoms with Gasteiger partial charge in [0.2, 0.25) is 0 Å². The lowest BCUT2D eigenvalue weighted by molar-refractivity contribution is 0.101. The van der Waals surface area contributed by atoms with Gasteiger partial charge in [-0.2, -0.15) is 4.99 Å². The molecule has 1 rings (SSSR count). The molecule has 0 fully saturated rings. The van der Waals surface area contributed by atoms with Crippen molar-refractivity contribution in [3.63, 3.8) is 0 Å². The minimum absolute atomic E-state index is 0.205. The van der Waals surface area contributed by atoms with Gasteiger partial charge in [0.15, 0.2) is 5.96 Å². The van der Waals surface area contributed by atoms with E-state index in [0.29, 0.717) is 4.88 Å². The first-order valence-corrected chi connectivity index (χ1v) is 3.75. The highest BCUT2D eigenvalue weighted by atomic mass is 32.1. The fourth-order valence-corrected chi connectivity index (χ4v) is 1.18. The van der Waals surface area contributed by atoms with Crippen molar-refractivity contribution in [3.05, 3.63) is 22.4 Å². The first kappa shape index (κ1) is 7.74. The molecule has 5 heteroatoms. The third-order valence-corrected chi connectivity index (χ3v) is 1.82. The van der Waals surface area contributed by atoms with Crippen LogP contribution in [0.1, 0.15) is 9.67 Å². The SMILES string of the molecule is NC(N)=NC(=O)c1cccs1. The quantitative estimate of drug-likeness (QED) is 0.464. The zero-order valence-corrected chi connectivity index (χ0v) is 6.47. The van der Waals surface area contributed by atoms with Crippen LogP contribution in [-0.2, 0) is 0 Å². The number of carbonyl (C=O) groups excluding carboxylic acids is 1. The predicted molar refractivity (Wildman–Crippen MR) is 44.5 cm³/mol. The Bertz CT molecular complexity index is 274. The molecule has 4 nitrogen and oxygen atoms in total. The number of hydrogen-bond acceptors (Lipinski definition) is 2. The van der Waals surface area contributed by atoms with E-state index in [1.165, 1.54) is 11.3 Å². The van der Waals surface area contributed by atoms with Crippen molar-refractivity contribution in [2.24, 2.45) is 16.5 Å². The summed E-state index contributed by atoms with van der Waals surface area (Å²) in [6.07, 6.45) is 0. The van der Waals surface area contributed by atoms with Crippen molar-refractivity contribution < 1.29 is 4.79 Å². The van der Waals surface area contributed by atoms with E-state index in [9.17, 15) is 4.79 Å². The van der Waals surface area contributed by atoms with Gasteiger partial charge in [-0.05, 0) is 11.4 Å². The summed E-state index contributed by atoms with van der Waals surface area (Å²) >= 11 is 1.31. The van der Waals surface area contributed by atoms with E-state index >= 15 is 0 Å². The lowest BCUT2D eigenvalue weighted by Crippen LogP contribution is -2.24. The summed E-state index contributed by atoms with van der Waals surface area (Å²) in [6.45, 7) is 0. The van der Waals surface area contributed by atoms with Gasteiger partial charge in [-0.3, -0.25) is 4.79 Å². The highest BCUT2D eigenvalue weighted by Crippen LogP contribution is 2.09. The molecule has 0 bridgehead atoms. The average Bonchev–Trinajstić information content (AvgIpc) is 2.35. The lowest BCUT2D eigenvalue weighted by atomic mass is 10.4. The highest BCUT2D eigenvalue weighted by molar-refractivity contribution is 7.12. The van der Waals surface area contributed by atoms with Crippen LogP contribution < -0.4 is 11.5 Å². The van der Waals surface area contributed by atoms with Gasteiger partial charge in [0.1, 0.15) is 0 Å². The van der Waals surface area contributed by atoms with Gasteiger partial charge in [0.05, 0.1) is 4.88 Å². The molecule has 0 aliphatic rings. The Labute approximate surface area is 67.5 Å². The summed E-state index contributed by atoms with van der Waals surface area (Å²) in [6, 6.07) is 3.43. The number of carbonyl (C=O) groups is 1. The maximum Gasteiger partial charge on any atom is 0.290 e. The van der Waals surface area contributed by atoms with Crippen molar-refractivity contribution >= 4 is 23.2 Å². The lowest BCUT2D eigenvalue weighted by Gasteiger charge is -1.88. The molecule has 58 valence electrons. The van der Waals surface area contributed by atoms with Gasteiger partial charge in [-0.25, -0.2) is 0 Å². The molecule has 0 saturated heterocycles. The van der Waals surface area contributed by atoms with Crippen molar-refractivity contribution in [1.29, 1.82) is 0 Å². The molecule has 0 radical (unpaired) electrons. The summed E-state index contributed by atoms with van der Waals surface area (Å²) in [5.41, 5.74) is 10.0. The van der Waals surface area contributed by atoms with Crippen LogP contribution in [0.15, 0.2) is 22.5 Å². The van der Waals surface area contributed by atoms with Crippen LogP contribution in [0.3, 0.4) is 0 Å². The van der Waals surface area contributed by atoms with E-state index in [1.807, 2.05) is 0 Å². The minimum atomic E-state index is -0.389. The molecule has 0 aromatic carbocycles. The van der Waals surface area contributed by atoms with E-state index in [0.717, 1.165) is 0 Å². The van der Waals surface area contributed by atoms with Crippen LogP contribution in [0.5, 0.6) is 0 Å². The van der Waals surface area contributed by atoms with Crippen molar-refractivity contribution in [2.75, 3.05) is 0 Å². The number of nitrogens with two attached hydrogens (primary N) is 2. The zero-order valence-electron chi connectivity index (χ0n) is 5.65. The van der Waals surface area contributed by atoms with Crippen LogP contribution in [0.25, 0.3) is 0 Å². The molecule has 1 aromatic rings. The normalized spacial score (nSPS) is 9.09. The number of thiophene rings is 1. The summed E-state index contributed by atoms with van der Waals surface area (Å²) in [5.74, 6) is -0.594. The Morgan fingerprint density at radius 3 is 2.73 bits per heavy atom. The maximum absolute atomic E-state index is 11.0. The van der Waals surface area contributed by atoms with Crippen LogP contribution in [0.2, 0.25) is 0 Å². The molecular weight excluding hydrogens is 162 g/mol. The van der Waals surface area contributed by atoms with E-state index < -0.39 is 0 Å². The number of guanidine groups is 1. The Hall–Kier alpha value is -1.36. The number of amides is 1. The zero-order chi connectivity index (χ0) is 8.27. The highest BCUT2D eigenvalue weighted by Gasteiger charge is 2.03. The van der Waals surface area contributed by atoms with Gasteiger partial charge >= 0.3 is 0 Å². The first-order valence-electron chi connectivity index (χ1n) is 2.87. The molecule has 0 spiro atoms. The van der Waals surface area contributed by atoms with Crippen molar-refractivity contribution in [2.45, 2.75) is 0 Å². The molecule has 11 heavy (non-hydrogen) atoms. The second kappa shape index (κ2) is 3.16. The largest absolute Gasteiger partial charge is 0.370 e. The summed E-state index contributed by atoms with van der Waals surface area (Å²) in [4.78, 5) is 14.9. The number of aliphatic imine (C=N–C) groups is 1. The number of rotatable bonds is 1. The van der Waals surface area contributed by atoms with Gasteiger partial charge in [-0.15, -0.1) is 11.3 Å². The Kier molecular flexibility index (Phi) is 2.22. The summed E-state index contributed by atoms with van der Waals surface area (Å²) in [5, 5.41) is 1.79. The monoisotopic (exact) mass is 169 g/mol. The standard InChI is InChI=1S/C6H7N3OS/c7-6(8)9-5(10)4-2-1-3-11-4/h1-3H,(H4,7,8,9,10). The van der Waals surface area contributed by atoms with Crippen molar-refractivity contribution in [1.82, 2.24) is 0 Å². The Morgan fingerprint density at radius 1 is 1.55 bits per heavy atom. The second-order valence-corrected chi connectivity index (χ2v) is 2.77. The Morgan fingerprint density at radius 2 is 2.27 bits per heavy atom. The first-order chi connectivity index (χ1) is 5.20. The molecule has 0 aliphatic carbocycles. The molecule has 1 aromatic heterocycles. The predicted octanol–water partition coefficient (Wildman–Crippen LogP) is 0.162. The third kappa shape index (κ3) is 2.05. The van der Waals surface area contributed by atoms with Crippen LogP contribution in [0.4, 0.5) is 0 Å². The molecule has 1 heterocycles. The number of nitrogens with zero attached hydrogens (tertiary/aromatic N) is 1. The fraction of sp³-hybridized carbons (Fsp3) is 0. The smallest absolute Gasteiger partial charge is 0.290 e.